The Bertz CT molecular complexity index is 67.1. The van der Waals surface area contributed by atoms with Crippen LogP contribution in [0.25, 0.3) is 0 Å². The Balaban J connectivity index is 0. The maximum atomic E-state index is 5.04. The van der Waals surface area contributed by atoms with Gasteiger partial charge in [-0.3, -0.25) is 0 Å². The van der Waals surface area contributed by atoms with Gasteiger partial charge in [0, 0.05) is 0 Å². The van der Waals surface area contributed by atoms with Crippen LogP contribution >= 0.6 is 58.1 Å². The molecule has 0 radical (unpaired) electrons. The summed E-state index contributed by atoms with van der Waals surface area (Å²) in [5.74, 6) is 0. The van der Waals surface area contributed by atoms with Crippen molar-refractivity contribution in [3.63, 3.8) is 0 Å². The Hall–Kier alpha value is 3.36. The van der Waals surface area contributed by atoms with Crippen LogP contribution in [0.5, 0.6) is 0 Å². The summed E-state index contributed by atoms with van der Waals surface area (Å²) in [6.45, 7) is -5.15. The van der Waals surface area contributed by atoms with Gasteiger partial charge in [-0.1, -0.05) is 0 Å². The van der Waals surface area contributed by atoms with Gasteiger partial charge in [0.25, 0.3) is 0 Å². The van der Waals surface area contributed by atoms with Crippen molar-refractivity contribution in [1.29, 1.82) is 0 Å². The van der Waals surface area contributed by atoms with Crippen LogP contribution < -0.4 is 29.6 Å². The third-order valence-electron chi connectivity index (χ3n) is 0. The van der Waals surface area contributed by atoms with Gasteiger partial charge in [0.05, 0.1) is 0 Å². The minimum atomic E-state index is -5.15. The van der Waals surface area contributed by atoms with Crippen LogP contribution in [0.4, 0.5) is 0 Å². The predicted octanol–water partition coefficient (Wildman–Crippen LogP) is 1.14. The first-order valence-electron chi connectivity index (χ1n) is 0.756. The SMILES string of the molecule is [Cl][Rh]([Cl])([Cl])([Cl])([Cl])[Cl].[Na+]. The Labute approximate surface area is 92.3 Å². The Kier molecular flexibility index (Phi) is 4.69. The van der Waals surface area contributed by atoms with E-state index in [1.165, 1.54) is 0 Å². The smallest absolute Gasteiger partial charge is 1.00 e. The summed E-state index contributed by atoms with van der Waals surface area (Å²) in [7, 11) is 30.2. The van der Waals surface area contributed by atoms with Gasteiger partial charge in [0.2, 0.25) is 0 Å². The molecule has 0 unspecified atom stereocenters. The molecule has 0 nitrogen and oxygen atoms in total. The maximum absolute atomic E-state index is 5.15. The second-order valence-electron chi connectivity index (χ2n) is 0.714. The van der Waals surface area contributed by atoms with Crippen molar-refractivity contribution in [2.24, 2.45) is 0 Å². The van der Waals surface area contributed by atoms with Crippen molar-refractivity contribution in [2.75, 3.05) is 0 Å². The quantitative estimate of drug-likeness (QED) is 0.581. The molecule has 0 N–H and O–H groups in total. The zero-order chi connectivity index (χ0) is 6.41. The molecule has 0 aromatic carbocycles. The van der Waals surface area contributed by atoms with E-state index < -0.39 is 6.48 Å². The molecule has 0 bridgehead atoms. The van der Waals surface area contributed by atoms with Crippen LogP contribution in [0.1, 0.15) is 0 Å². The van der Waals surface area contributed by atoms with Crippen molar-refractivity contribution in [3.05, 3.63) is 0 Å². The largest absolute Gasteiger partial charge is 1.00 e. The molecule has 0 fully saturated rings. The Morgan fingerprint density at radius 3 is 0.625 bits per heavy atom. The van der Waals surface area contributed by atoms with Crippen LogP contribution in [0.15, 0.2) is 0 Å². The summed E-state index contributed by atoms with van der Waals surface area (Å²) in [5.41, 5.74) is 0. The third kappa shape index (κ3) is 57.9. The maximum Gasteiger partial charge on any atom is 1.00 e. The molecule has 8 heteroatoms. The molecule has 0 aliphatic rings. The second-order valence-corrected chi connectivity index (χ2v) is 38.0. The van der Waals surface area contributed by atoms with Crippen molar-refractivity contribution in [3.8, 4) is 0 Å². The van der Waals surface area contributed by atoms with E-state index in [0.717, 1.165) is 0 Å². The Morgan fingerprint density at radius 1 is 0.625 bits per heavy atom. The fourth-order valence-electron chi connectivity index (χ4n) is 0. The van der Waals surface area contributed by atoms with E-state index in [9.17, 15) is 0 Å². The number of hydrogen-bond acceptors (Lipinski definition) is 0. The van der Waals surface area contributed by atoms with Gasteiger partial charge in [0.1, 0.15) is 0 Å². The zero-order valence-electron chi connectivity index (χ0n) is 3.60. The molecule has 0 saturated heterocycles. The monoisotopic (exact) mass is 336 g/mol. The zero-order valence-corrected chi connectivity index (χ0v) is 11.8. The molecule has 0 atom stereocenters. The van der Waals surface area contributed by atoms with Crippen molar-refractivity contribution >= 4 is 58.1 Å². The minimum Gasteiger partial charge on any atom is 1.00 e. The average molecular weight is 339 g/mol. The van der Waals surface area contributed by atoms with Gasteiger partial charge in [-0.25, -0.2) is 0 Å². The van der Waals surface area contributed by atoms with E-state index in [4.69, 9.17) is 58.1 Å². The summed E-state index contributed by atoms with van der Waals surface area (Å²) in [4.78, 5) is 0. The van der Waals surface area contributed by atoms with Crippen molar-refractivity contribution in [2.45, 2.75) is 0 Å². The molecular formula is Cl6NaRh+. The van der Waals surface area contributed by atoms with Crippen LogP contribution in [0.2, 0.25) is 0 Å². The van der Waals surface area contributed by atoms with Gasteiger partial charge in [0.15, 0.2) is 0 Å². The van der Waals surface area contributed by atoms with Crippen LogP contribution in [0.3, 0.4) is 0 Å². The summed E-state index contributed by atoms with van der Waals surface area (Å²) in [6.07, 6.45) is 0. The molecule has 8 heavy (non-hydrogen) atoms. The summed E-state index contributed by atoms with van der Waals surface area (Å²) in [6, 6.07) is 0. The van der Waals surface area contributed by atoms with Gasteiger partial charge in [-0.05, 0) is 0 Å². The molecule has 0 amide bonds. The number of rotatable bonds is 0. The van der Waals surface area contributed by atoms with Crippen molar-refractivity contribution < 1.29 is 36.0 Å². The van der Waals surface area contributed by atoms with Gasteiger partial charge in [-0.15, -0.1) is 0 Å². The normalized spacial score (nSPS) is 20.2. The van der Waals surface area contributed by atoms with E-state index in [1.807, 2.05) is 0 Å². The molecule has 0 spiro atoms. The molecule has 0 saturated carbocycles. The van der Waals surface area contributed by atoms with Gasteiger partial charge < -0.3 is 0 Å². The molecule has 0 rings (SSSR count). The fraction of sp³-hybridized carbons (Fsp3) is 0. The fourth-order valence-corrected chi connectivity index (χ4v) is 0. The predicted molar refractivity (Wildman–Crippen MR) is 35.1 cm³/mol. The second kappa shape index (κ2) is 2.69. The molecule has 0 aromatic rings. The average Bonchev–Trinajstić information content (AvgIpc) is 0.592. The van der Waals surface area contributed by atoms with E-state index in [1.54, 1.807) is 0 Å². The minimum absolute atomic E-state index is 0. The molecular weight excluding hydrogens is 339 g/mol. The topological polar surface area (TPSA) is 0 Å². The summed E-state index contributed by atoms with van der Waals surface area (Å²) in [5, 5.41) is 0. The van der Waals surface area contributed by atoms with Crippen LogP contribution in [0, 0.1) is 0 Å². The van der Waals surface area contributed by atoms with Gasteiger partial charge >= 0.3 is 94.2 Å². The van der Waals surface area contributed by atoms with Crippen LogP contribution in [-0.4, -0.2) is 0 Å². The first kappa shape index (κ1) is 13.9. The van der Waals surface area contributed by atoms with E-state index in [-0.39, 0.29) is 29.6 Å². The first-order valence-corrected chi connectivity index (χ1v) is 13.4. The number of halogens is 6. The number of hydrogen-bond donors (Lipinski definition) is 0. The van der Waals surface area contributed by atoms with Gasteiger partial charge in [-0.2, -0.15) is 0 Å². The molecule has 0 aliphatic carbocycles. The molecule has 0 heterocycles. The molecule has 0 aliphatic heterocycles. The van der Waals surface area contributed by atoms with E-state index >= 15 is 0 Å². The third-order valence-corrected chi connectivity index (χ3v) is 0. The summed E-state index contributed by atoms with van der Waals surface area (Å²) >= 11 is 0. The van der Waals surface area contributed by atoms with E-state index in [0.29, 0.717) is 0 Å². The van der Waals surface area contributed by atoms with E-state index in [2.05, 4.69) is 0 Å². The molecule has 51 valence electrons. The summed E-state index contributed by atoms with van der Waals surface area (Å²) < 4.78 is 0. The van der Waals surface area contributed by atoms with Crippen LogP contribution in [-0.2, 0) is 6.48 Å². The molecule has 0 aromatic heterocycles. The standard InChI is InChI=1S/6ClH.Na.Rh/h6*1H;;/q;;;;;;+1;+6/p-6. The Morgan fingerprint density at radius 2 is 0.625 bits per heavy atom. The van der Waals surface area contributed by atoms with Crippen molar-refractivity contribution in [1.82, 2.24) is 0 Å². The first-order chi connectivity index (χ1) is 2.45.